The van der Waals surface area contributed by atoms with Gasteiger partial charge in [-0.3, -0.25) is 4.90 Å². The monoisotopic (exact) mass is 435 g/mol. The molecular formula is C22H24F3N3O3. The zero-order chi connectivity index (χ0) is 22.2. The van der Waals surface area contributed by atoms with Crippen LogP contribution in [0.3, 0.4) is 0 Å². The Balaban J connectivity index is 1.64. The maximum absolute atomic E-state index is 13.7. The zero-order valence-electron chi connectivity index (χ0n) is 17.6. The number of methoxy groups -OCH3 is 2. The molecule has 4 rings (SSSR count). The second kappa shape index (κ2) is 8.37. The van der Waals surface area contributed by atoms with Crippen LogP contribution in [0.1, 0.15) is 41.3 Å². The molecule has 1 unspecified atom stereocenters. The molecular weight excluding hydrogens is 411 g/mol. The Morgan fingerprint density at radius 3 is 2.71 bits per heavy atom. The summed E-state index contributed by atoms with van der Waals surface area (Å²) in [4.78, 5) is 6.32. The lowest BCUT2D eigenvalue weighted by atomic mass is 9.91. The van der Waals surface area contributed by atoms with E-state index >= 15 is 0 Å². The lowest BCUT2D eigenvalue weighted by Gasteiger charge is -2.32. The summed E-state index contributed by atoms with van der Waals surface area (Å²) in [5.74, 6) is 1.29. The van der Waals surface area contributed by atoms with E-state index in [1.165, 1.54) is 6.92 Å². The van der Waals surface area contributed by atoms with Crippen molar-refractivity contribution >= 4 is 11.1 Å². The number of nitrogens with zero attached hydrogens (tertiary/aromatic N) is 3. The van der Waals surface area contributed by atoms with Gasteiger partial charge in [0, 0.05) is 30.3 Å². The molecule has 1 aromatic carbocycles. The molecule has 0 saturated carbocycles. The molecule has 166 valence electrons. The van der Waals surface area contributed by atoms with Crippen LogP contribution in [0.5, 0.6) is 11.5 Å². The summed E-state index contributed by atoms with van der Waals surface area (Å²) in [7, 11) is 3.21. The van der Waals surface area contributed by atoms with Crippen molar-refractivity contribution in [2.45, 2.75) is 38.4 Å². The van der Waals surface area contributed by atoms with Gasteiger partial charge < -0.3 is 14.0 Å². The smallest absolute Gasteiger partial charge is 0.417 e. The molecule has 9 heteroatoms. The first kappa shape index (κ1) is 21.4. The number of rotatable bonds is 5. The fourth-order valence-electron chi connectivity index (χ4n) is 4.27. The maximum Gasteiger partial charge on any atom is 0.417 e. The third-order valence-corrected chi connectivity index (χ3v) is 5.68. The highest BCUT2D eigenvalue weighted by Gasteiger charge is 2.37. The number of halogens is 3. The number of hydrogen-bond donors (Lipinski definition) is 0. The maximum atomic E-state index is 13.7. The lowest BCUT2D eigenvalue weighted by molar-refractivity contribution is -0.136. The van der Waals surface area contributed by atoms with E-state index in [9.17, 15) is 13.2 Å². The molecule has 0 aliphatic carbocycles. The van der Waals surface area contributed by atoms with Crippen molar-refractivity contribution < 1.29 is 27.2 Å². The molecule has 0 radical (unpaired) electrons. The fraction of sp³-hybridized carbons (Fsp3) is 0.455. The topological polar surface area (TPSA) is 60.6 Å². The van der Waals surface area contributed by atoms with Crippen LogP contribution in [0.15, 0.2) is 28.8 Å². The van der Waals surface area contributed by atoms with Crippen molar-refractivity contribution in [3.63, 3.8) is 0 Å². The average molecular weight is 435 g/mol. The van der Waals surface area contributed by atoms with Crippen molar-refractivity contribution in [3.05, 3.63) is 46.8 Å². The highest BCUT2D eigenvalue weighted by atomic mass is 19.4. The van der Waals surface area contributed by atoms with E-state index in [-0.39, 0.29) is 22.7 Å². The highest BCUT2D eigenvalue weighted by molar-refractivity contribution is 5.81. The molecule has 1 atom stereocenters. The Morgan fingerprint density at radius 1 is 1.19 bits per heavy atom. The van der Waals surface area contributed by atoms with Gasteiger partial charge in [0.2, 0.25) is 0 Å². The number of piperidine rings is 1. The minimum Gasteiger partial charge on any atom is -0.497 e. The van der Waals surface area contributed by atoms with Crippen molar-refractivity contribution in [1.29, 1.82) is 0 Å². The highest BCUT2D eigenvalue weighted by Crippen LogP contribution is 2.40. The van der Waals surface area contributed by atoms with Gasteiger partial charge in [0.05, 0.1) is 30.9 Å². The van der Waals surface area contributed by atoms with Crippen LogP contribution < -0.4 is 9.47 Å². The minimum absolute atomic E-state index is 0.0242. The van der Waals surface area contributed by atoms with Crippen LogP contribution in [-0.4, -0.2) is 42.3 Å². The van der Waals surface area contributed by atoms with Gasteiger partial charge in [-0.25, -0.2) is 4.98 Å². The summed E-state index contributed by atoms with van der Waals surface area (Å²) in [6.07, 6.45) is -2.93. The lowest BCUT2D eigenvalue weighted by Crippen LogP contribution is -2.34. The molecule has 1 aliphatic rings. The standard InChI is InChI=1S/C22H24F3N3O3/c1-13-9-17(22(23,24)25)19-20(27-31-21(19)26-13)14-5-4-8-28(11-14)12-15-10-16(29-2)6-7-18(15)30-3/h6-7,9-10,14H,4-5,8,11-12H2,1-3H3. The van der Waals surface area contributed by atoms with Crippen molar-refractivity contribution in [3.8, 4) is 11.5 Å². The number of aryl methyl sites for hydroxylation is 1. The second-order valence-corrected chi connectivity index (χ2v) is 7.81. The third kappa shape index (κ3) is 4.32. The number of ether oxygens (including phenoxy) is 2. The molecule has 3 aromatic rings. The molecule has 1 aliphatic heterocycles. The van der Waals surface area contributed by atoms with Gasteiger partial charge >= 0.3 is 6.18 Å². The predicted molar refractivity (Wildman–Crippen MR) is 108 cm³/mol. The van der Waals surface area contributed by atoms with E-state index < -0.39 is 11.7 Å². The van der Waals surface area contributed by atoms with E-state index in [2.05, 4.69) is 15.0 Å². The van der Waals surface area contributed by atoms with E-state index in [4.69, 9.17) is 14.0 Å². The van der Waals surface area contributed by atoms with Crippen molar-refractivity contribution in [1.82, 2.24) is 15.0 Å². The zero-order valence-corrected chi connectivity index (χ0v) is 17.6. The molecule has 0 spiro atoms. The van der Waals surface area contributed by atoms with Crippen LogP contribution >= 0.6 is 0 Å². The summed E-state index contributed by atoms with van der Waals surface area (Å²) in [5, 5.41) is 4.00. The first-order chi connectivity index (χ1) is 14.8. The molecule has 6 nitrogen and oxygen atoms in total. The SMILES string of the molecule is COc1ccc(OC)c(CN2CCCC(c3noc4nc(C)cc(C(F)(F)F)c34)C2)c1. The van der Waals surface area contributed by atoms with Gasteiger partial charge in [0.15, 0.2) is 0 Å². The van der Waals surface area contributed by atoms with Crippen molar-refractivity contribution in [2.75, 3.05) is 27.3 Å². The number of hydrogen-bond acceptors (Lipinski definition) is 6. The molecule has 0 amide bonds. The minimum atomic E-state index is -4.51. The molecule has 1 saturated heterocycles. The summed E-state index contributed by atoms with van der Waals surface area (Å²) >= 11 is 0. The van der Waals surface area contributed by atoms with Crippen LogP contribution in [0.25, 0.3) is 11.1 Å². The molecule has 3 heterocycles. The van der Waals surface area contributed by atoms with E-state index in [0.717, 1.165) is 42.5 Å². The van der Waals surface area contributed by atoms with Gasteiger partial charge in [0.1, 0.15) is 11.5 Å². The normalized spacial score (nSPS) is 17.8. The molecule has 1 fully saturated rings. The van der Waals surface area contributed by atoms with Gasteiger partial charge in [-0.2, -0.15) is 13.2 Å². The Morgan fingerprint density at radius 2 is 2.00 bits per heavy atom. The first-order valence-electron chi connectivity index (χ1n) is 10.1. The number of pyridine rings is 1. The quantitative estimate of drug-likeness (QED) is 0.565. The number of likely N-dealkylation sites (tertiary alicyclic amines) is 1. The van der Waals surface area contributed by atoms with Crippen LogP contribution in [0.4, 0.5) is 13.2 Å². The van der Waals surface area contributed by atoms with Gasteiger partial charge in [-0.05, 0) is 50.6 Å². The first-order valence-corrected chi connectivity index (χ1v) is 10.1. The van der Waals surface area contributed by atoms with Crippen LogP contribution in [0, 0.1) is 6.92 Å². The van der Waals surface area contributed by atoms with Gasteiger partial charge in [-0.1, -0.05) is 5.16 Å². The second-order valence-electron chi connectivity index (χ2n) is 7.81. The average Bonchev–Trinajstić information content (AvgIpc) is 3.16. The number of fused-ring (bicyclic) bond motifs is 1. The fourth-order valence-corrected chi connectivity index (χ4v) is 4.27. The van der Waals surface area contributed by atoms with E-state index in [0.29, 0.717) is 18.8 Å². The Bertz CT molecular complexity index is 1080. The number of aromatic nitrogens is 2. The number of benzene rings is 1. The van der Waals surface area contributed by atoms with Gasteiger partial charge in [0.25, 0.3) is 5.71 Å². The summed E-state index contributed by atoms with van der Waals surface area (Å²) in [6, 6.07) is 6.66. The van der Waals surface area contributed by atoms with Crippen LogP contribution in [-0.2, 0) is 12.7 Å². The van der Waals surface area contributed by atoms with E-state index in [1.807, 2.05) is 18.2 Å². The molecule has 2 aromatic heterocycles. The Hall–Kier alpha value is -2.81. The van der Waals surface area contributed by atoms with Crippen molar-refractivity contribution in [2.24, 2.45) is 0 Å². The summed E-state index contributed by atoms with van der Waals surface area (Å²) < 4.78 is 57.1. The predicted octanol–water partition coefficient (Wildman–Crippen LogP) is 4.95. The Labute approximate surface area is 177 Å². The van der Waals surface area contributed by atoms with E-state index in [1.54, 1.807) is 14.2 Å². The van der Waals surface area contributed by atoms with Gasteiger partial charge in [-0.15, -0.1) is 0 Å². The summed E-state index contributed by atoms with van der Waals surface area (Å²) in [6.45, 7) is 3.50. The number of alkyl halides is 3. The third-order valence-electron chi connectivity index (χ3n) is 5.68. The molecule has 31 heavy (non-hydrogen) atoms. The molecule has 0 bridgehead atoms. The Kier molecular flexibility index (Phi) is 5.79. The molecule has 0 N–H and O–H groups in total. The largest absolute Gasteiger partial charge is 0.497 e. The van der Waals surface area contributed by atoms with Crippen LogP contribution in [0.2, 0.25) is 0 Å². The summed E-state index contributed by atoms with van der Waals surface area (Å²) in [5.41, 5.74) is 0.739.